The number of anilines is 3. The first-order valence-corrected chi connectivity index (χ1v) is 7.78. The molecule has 2 aromatic rings. The van der Waals surface area contributed by atoms with Gasteiger partial charge in [0.1, 0.15) is 6.54 Å². The quantitative estimate of drug-likeness (QED) is 0.784. The lowest BCUT2D eigenvalue weighted by Gasteiger charge is -2.21. The number of halogens is 3. The lowest BCUT2D eigenvalue weighted by molar-refractivity contribution is -0.120. The lowest BCUT2D eigenvalue weighted by atomic mass is 10.2. The maximum Gasteiger partial charge on any atom is 0.244 e. The van der Waals surface area contributed by atoms with Gasteiger partial charge in [0, 0.05) is 25.2 Å². The zero-order chi connectivity index (χ0) is 20.1. The van der Waals surface area contributed by atoms with Gasteiger partial charge >= 0.3 is 0 Å². The minimum Gasteiger partial charge on any atom is -0.326 e. The van der Waals surface area contributed by atoms with Crippen molar-refractivity contribution in [3.63, 3.8) is 0 Å². The molecule has 0 saturated heterocycles. The van der Waals surface area contributed by atoms with Gasteiger partial charge in [-0.2, -0.15) is 0 Å². The third kappa shape index (κ3) is 5.06. The Morgan fingerprint density at radius 2 is 1.41 bits per heavy atom. The minimum absolute atomic E-state index is 0.252. The van der Waals surface area contributed by atoms with Crippen molar-refractivity contribution in [3.8, 4) is 0 Å². The molecule has 2 aromatic carbocycles. The lowest BCUT2D eigenvalue weighted by Crippen LogP contribution is -2.37. The Labute approximate surface area is 153 Å². The molecule has 6 nitrogen and oxygen atoms in total. The number of nitrogens with zero attached hydrogens (tertiary/aromatic N) is 1. The van der Waals surface area contributed by atoms with Crippen LogP contribution in [0.1, 0.15) is 13.8 Å². The predicted molar refractivity (Wildman–Crippen MR) is 93.7 cm³/mol. The Balaban J connectivity index is 2.13. The van der Waals surface area contributed by atoms with E-state index in [1.165, 1.54) is 19.1 Å². The van der Waals surface area contributed by atoms with E-state index in [0.717, 1.165) is 13.0 Å². The van der Waals surface area contributed by atoms with Gasteiger partial charge in [0.05, 0.1) is 5.69 Å². The Morgan fingerprint density at radius 1 is 0.852 bits per heavy atom. The van der Waals surface area contributed by atoms with Gasteiger partial charge in [-0.25, -0.2) is 13.2 Å². The summed E-state index contributed by atoms with van der Waals surface area (Å²) >= 11 is 0. The van der Waals surface area contributed by atoms with Gasteiger partial charge in [-0.05, 0) is 36.4 Å². The van der Waals surface area contributed by atoms with E-state index in [2.05, 4.69) is 10.6 Å². The van der Waals surface area contributed by atoms with Crippen LogP contribution in [0.15, 0.2) is 36.4 Å². The van der Waals surface area contributed by atoms with E-state index in [1.54, 1.807) is 12.1 Å². The van der Waals surface area contributed by atoms with E-state index in [-0.39, 0.29) is 5.91 Å². The summed E-state index contributed by atoms with van der Waals surface area (Å²) in [5, 5.41) is 5.04. The van der Waals surface area contributed by atoms with E-state index in [0.29, 0.717) is 22.3 Å². The first kappa shape index (κ1) is 20.0. The Bertz CT molecular complexity index is 885. The Kier molecular flexibility index (Phi) is 6.17. The van der Waals surface area contributed by atoms with E-state index in [9.17, 15) is 27.6 Å². The molecular formula is C18H16F3N3O3. The first-order chi connectivity index (χ1) is 12.7. The topological polar surface area (TPSA) is 78.5 Å². The van der Waals surface area contributed by atoms with E-state index in [1.807, 2.05) is 0 Å². The molecule has 0 saturated carbocycles. The molecule has 0 aliphatic heterocycles. The zero-order valence-electron chi connectivity index (χ0n) is 14.5. The predicted octanol–water partition coefficient (Wildman–Crippen LogP) is 3.05. The fourth-order valence-electron chi connectivity index (χ4n) is 2.27. The molecule has 0 aliphatic carbocycles. The number of amides is 3. The maximum atomic E-state index is 13.9. The van der Waals surface area contributed by atoms with Crippen LogP contribution in [0.5, 0.6) is 0 Å². The molecule has 3 amide bonds. The van der Waals surface area contributed by atoms with Crippen molar-refractivity contribution in [2.75, 3.05) is 22.1 Å². The highest BCUT2D eigenvalue weighted by atomic mass is 19.2. The molecular weight excluding hydrogens is 363 g/mol. The third-order valence-electron chi connectivity index (χ3n) is 3.48. The van der Waals surface area contributed by atoms with Crippen LogP contribution in [0.3, 0.4) is 0 Å². The number of nitrogens with one attached hydrogen (secondary N) is 2. The van der Waals surface area contributed by atoms with Crippen LogP contribution in [0.25, 0.3) is 0 Å². The van der Waals surface area contributed by atoms with Crippen LogP contribution >= 0.6 is 0 Å². The van der Waals surface area contributed by atoms with Crippen molar-refractivity contribution in [1.29, 1.82) is 0 Å². The molecule has 0 spiro atoms. The van der Waals surface area contributed by atoms with Crippen LogP contribution in [-0.2, 0) is 14.4 Å². The summed E-state index contributed by atoms with van der Waals surface area (Å²) in [6, 6.07) is 7.68. The summed E-state index contributed by atoms with van der Waals surface area (Å²) in [6.07, 6.45) is 0. The van der Waals surface area contributed by atoms with Gasteiger partial charge in [-0.3, -0.25) is 14.4 Å². The second-order valence-corrected chi connectivity index (χ2v) is 5.61. The number of rotatable bonds is 5. The summed E-state index contributed by atoms with van der Waals surface area (Å²) in [7, 11) is 0. The number of carbonyl (C=O) groups is 3. The van der Waals surface area contributed by atoms with Crippen molar-refractivity contribution in [2.24, 2.45) is 0 Å². The van der Waals surface area contributed by atoms with Crippen LogP contribution in [-0.4, -0.2) is 24.3 Å². The summed E-state index contributed by atoms with van der Waals surface area (Å²) in [6.45, 7) is 1.81. The molecule has 9 heteroatoms. The Hall–Kier alpha value is -3.36. The average Bonchev–Trinajstić information content (AvgIpc) is 2.59. The second kappa shape index (κ2) is 8.35. The van der Waals surface area contributed by atoms with E-state index >= 15 is 0 Å². The number of benzene rings is 2. The molecule has 0 radical (unpaired) electrons. The van der Waals surface area contributed by atoms with Crippen molar-refractivity contribution in [1.82, 2.24) is 0 Å². The highest BCUT2D eigenvalue weighted by molar-refractivity contribution is 6.02. The maximum absolute atomic E-state index is 13.9. The second-order valence-electron chi connectivity index (χ2n) is 5.61. The summed E-state index contributed by atoms with van der Waals surface area (Å²) in [5.74, 6) is -6.34. The van der Waals surface area contributed by atoms with Gasteiger partial charge in [0.15, 0.2) is 17.5 Å². The molecule has 2 N–H and O–H groups in total. The van der Waals surface area contributed by atoms with E-state index in [4.69, 9.17) is 0 Å². The fraction of sp³-hybridized carbons (Fsp3) is 0.167. The molecule has 0 fully saturated rings. The summed E-state index contributed by atoms with van der Waals surface area (Å²) in [4.78, 5) is 35.6. The SMILES string of the molecule is CC(=O)Nc1ccc(NC(=O)CN(C(C)=O)c2ccc(F)c(F)c2F)cc1. The molecule has 0 atom stereocenters. The van der Waals surface area contributed by atoms with E-state index < -0.39 is 41.5 Å². The van der Waals surface area contributed by atoms with Gasteiger partial charge in [0.25, 0.3) is 0 Å². The molecule has 142 valence electrons. The number of carbonyl (C=O) groups excluding carboxylic acids is 3. The highest BCUT2D eigenvalue weighted by Gasteiger charge is 2.23. The molecule has 0 unspecified atom stereocenters. The summed E-state index contributed by atoms with van der Waals surface area (Å²) < 4.78 is 40.4. The molecule has 0 bridgehead atoms. The van der Waals surface area contributed by atoms with Crippen molar-refractivity contribution >= 4 is 34.8 Å². The molecule has 2 rings (SSSR count). The fourth-order valence-corrected chi connectivity index (χ4v) is 2.27. The molecule has 27 heavy (non-hydrogen) atoms. The third-order valence-corrected chi connectivity index (χ3v) is 3.48. The van der Waals surface area contributed by atoms with Crippen molar-refractivity contribution in [2.45, 2.75) is 13.8 Å². The van der Waals surface area contributed by atoms with Crippen LogP contribution in [0, 0.1) is 17.5 Å². The summed E-state index contributed by atoms with van der Waals surface area (Å²) in [5.41, 5.74) is 0.343. The number of hydrogen-bond donors (Lipinski definition) is 2. The average molecular weight is 379 g/mol. The minimum atomic E-state index is -1.73. The van der Waals surface area contributed by atoms with Crippen molar-refractivity contribution < 1.29 is 27.6 Å². The molecule has 0 aliphatic rings. The highest BCUT2D eigenvalue weighted by Crippen LogP contribution is 2.24. The Morgan fingerprint density at radius 3 is 1.93 bits per heavy atom. The molecule has 0 heterocycles. The monoisotopic (exact) mass is 379 g/mol. The normalized spacial score (nSPS) is 10.3. The molecule has 0 aromatic heterocycles. The van der Waals surface area contributed by atoms with Gasteiger partial charge < -0.3 is 15.5 Å². The van der Waals surface area contributed by atoms with Crippen molar-refractivity contribution in [3.05, 3.63) is 53.8 Å². The number of hydrogen-bond acceptors (Lipinski definition) is 3. The zero-order valence-corrected chi connectivity index (χ0v) is 14.5. The standard InChI is InChI=1S/C18H16F3N3O3/c1-10(25)22-12-3-5-13(6-4-12)23-16(27)9-24(11(2)26)15-8-7-14(19)17(20)18(15)21/h3-8H,9H2,1-2H3,(H,22,25)(H,23,27). The van der Waals surface area contributed by atoms with Crippen LogP contribution in [0.4, 0.5) is 30.2 Å². The largest absolute Gasteiger partial charge is 0.326 e. The van der Waals surface area contributed by atoms with Gasteiger partial charge in [0.2, 0.25) is 17.7 Å². The van der Waals surface area contributed by atoms with Crippen LogP contribution in [0.2, 0.25) is 0 Å². The smallest absolute Gasteiger partial charge is 0.244 e. The van der Waals surface area contributed by atoms with Gasteiger partial charge in [-0.1, -0.05) is 0 Å². The van der Waals surface area contributed by atoms with Gasteiger partial charge in [-0.15, -0.1) is 0 Å². The first-order valence-electron chi connectivity index (χ1n) is 7.78. The van der Waals surface area contributed by atoms with Crippen LogP contribution < -0.4 is 15.5 Å².